The minimum absolute atomic E-state index is 0.0443. The fraction of sp³-hybridized carbons (Fsp3) is 0.667. The van der Waals surface area contributed by atoms with Gasteiger partial charge in [0.15, 0.2) is 0 Å². The molecule has 24 heavy (non-hydrogen) atoms. The lowest BCUT2D eigenvalue weighted by Crippen LogP contribution is -2.45. The summed E-state index contributed by atoms with van der Waals surface area (Å²) in [4.78, 5) is 21.2. The summed E-state index contributed by atoms with van der Waals surface area (Å²) < 4.78 is 5.31. The number of aromatic nitrogens is 1. The van der Waals surface area contributed by atoms with Crippen molar-refractivity contribution in [2.45, 2.75) is 26.2 Å². The predicted molar refractivity (Wildman–Crippen MR) is 92.2 cm³/mol. The molecule has 1 atom stereocenters. The minimum Gasteiger partial charge on any atom is -0.396 e. The van der Waals surface area contributed by atoms with E-state index in [1.807, 2.05) is 11.0 Å². The molecule has 0 bridgehead atoms. The zero-order valence-electron chi connectivity index (χ0n) is 14.4. The smallest absolute Gasteiger partial charge is 0.254 e. The van der Waals surface area contributed by atoms with E-state index >= 15 is 0 Å². The van der Waals surface area contributed by atoms with Gasteiger partial charge in [-0.1, -0.05) is 6.92 Å². The third-order valence-electron chi connectivity index (χ3n) is 5.36. The average molecular weight is 333 g/mol. The van der Waals surface area contributed by atoms with Crippen molar-refractivity contribution in [2.24, 2.45) is 5.41 Å². The number of ether oxygens (including phenoxy) is 1. The molecule has 6 heteroatoms. The summed E-state index contributed by atoms with van der Waals surface area (Å²) in [6, 6.07) is 3.67. The van der Waals surface area contributed by atoms with Crippen LogP contribution in [0.3, 0.4) is 0 Å². The van der Waals surface area contributed by atoms with Gasteiger partial charge in [-0.3, -0.25) is 4.79 Å². The Balaban J connectivity index is 1.76. The van der Waals surface area contributed by atoms with Gasteiger partial charge in [-0.2, -0.15) is 0 Å². The molecule has 0 spiro atoms. The van der Waals surface area contributed by atoms with Gasteiger partial charge in [0.2, 0.25) is 0 Å². The van der Waals surface area contributed by atoms with E-state index in [0.29, 0.717) is 31.9 Å². The number of nitrogens with zero attached hydrogens (tertiary/aromatic N) is 3. The molecular weight excluding hydrogens is 306 g/mol. The minimum atomic E-state index is -0.0514. The van der Waals surface area contributed by atoms with Gasteiger partial charge >= 0.3 is 0 Å². The molecule has 3 rings (SSSR count). The van der Waals surface area contributed by atoms with Crippen LogP contribution in [-0.2, 0) is 4.74 Å². The molecule has 6 nitrogen and oxygen atoms in total. The molecule has 0 aromatic carbocycles. The third kappa shape index (κ3) is 3.54. The molecule has 1 aromatic heterocycles. The van der Waals surface area contributed by atoms with Crippen LogP contribution < -0.4 is 4.90 Å². The van der Waals surface area contributed by atoms with Gasteiger partial charge < -0.3 is 19.6 Å². The monoisotopic (exact) mass is 333 g/mol. The average Bonchev–Trinajstić information content (AvgIpc) is 2.68. The summed E-state index contributed by atoms with van der Waals surface area (Å²) in [5.41, 5.74) is 0.628. The standard InChI is InChI=1S/C18H27N3O3/c1-2-18(14-22)5-3-7-21(13-18)16-12-15(4-6-19-16)17(23)20-8-10-24-11-9-20/h4,6,12,22H,2-3,5,7-11,13-14H2,1H3/t18-/m1/s1. The molecule has 2 aliphatic rings. The first-order valence-electron chi connectivity index (χ1n) is 8.86. The van der Waals surface area contributed by atoms with Gasteiger partial charge in [-0.15, -0.1) is 0 Å². The molecule has 0 saturated carbocycles. The van der Waals surface area contributed by atoms with Crippen LogP contribution in [0.2, 0.25) is 0 Å². The summed E-state index contributed by atoms with van der Waals surface area (Å²) in [7, 11) is 0. The Morgan fingerprint density at radius 2 is 2.17 bits per heavy atom. The number of pyridine rings is 1. The van der Waals surface area contributed by atoms with Crippen LogP contribution >= 0.6 is 0 Å². The Bertz CT molecular complexity index is 568. The Kier molecular flexibility index (Phi) is 5.36. The number of morpholine rings is 1. The molecule has 2 aliphatic heterocycles. The number of carbonyl (C=O) groups excluding carboxylic acids is 1. The Hall–Kier alpha value is -1.66. The van der Waals surface area contributed by atoms with E-state index in [2.05, 4.69) is 16.8 Å². The number of piperidine rings is 1. The first kappa shape index (κ1) is 17.2. The molecular formula is C18H27N3O3. The van der Waals surface area contributed by atoms with E-state index in [1.165, 1.54) is 0 Å². The largest absolute Gasteiger partial charge is 0.396 e. The van der Waals surface area contributed by atoms with Gasteiger partial charge in [0.05, 0.1) is 19.8 Å². The highest BCUT2D eigenvalue weighted by molar-refractivity contribution is 5.94. The molecule has 0 radical (unpaired) electrons. The Labute approximate surface area is 143 Å². The topological polar surface area (TPSA) is 65.9 Å². The molecule has 1 aromatic rings. The summed E-state index contributed by atoms with van der Waals surface area (Å²) in [5, 5.41) is 9.80. The van der Waals surface area contributed by atoms with Crippen molar-refractivity contribution >= 4 is 11.7 Å². The maximum absolute atomic E-state index is 12.7. The van der Waals surface area contributed by atoms with E-state index in [4.69, 9.17) is 4.74 Å². The van der Waals surface area contributed by atoms with Crippen molar-refractivity contribution in [3.05, 3.63) is 23.9 Å². The number of amides is 1. The van der Waals surface area contributed by atoms with Crippen LogP contribution in [0.5, 0.6) is 0 Å². The molecule has 132 valence electrons. The molecule has 1 N–H and O–H groups in total. The van der Waals surface area contributed by atoms with E-state index in [-0.39, 0.29) is 17.9 Å². The second kappa shape index (κ2) is 7.49. The fourth-order valence-electron chi connectivity index (χ4n) is 3.61. The zero-order valence-corrected chi connectivity index (χ0v) is 14.4. The number of anilines is 1. The van der Waals surface area contributed by atoms with Gasteiger partial charge in [-0.25, -0.2) is 4.98 Å². The van der Waals surface area contributed by atoms with Crippen molar-refractivity contribution in [2.75, 3.05) is 50.9 Å². The molecule has 2 saturated heterocycles. The number of rotatable bonds is 4. The maximum Gasteiger partial charge on any atom is 0.254 e. The quantitative estimate of drug-likeness (QED) is 0.905. The van der Waals surface area contributed by atoms with Gasteiger partial charge in [-0.05, 0) is 31.4 Å². The van der Waals surface area contributed by atoms with E-state index in [1.54, 1.807) is 12.3 Å². The highest BCUT2D eigenvalue weighted by atomic mass is 16.5. The SMILES string of the molecule is CC[C@@]1(CO)CCCN(c2cc(C(=O)N3CCOCC3)ccn2)C1. The summed E-state index contributed by atoms with van der Waals surface area (Å²) in [6.45, 7) is 6.54. The van der Waals surface area contributed by atoms with Gasteiger partial charge in [0, 0.05) is 43.4 Å². The number of aliphatic hydroxyl groups excluding tert-OH is 1. The van der Waals surface area contributed by atoms with Crippen LogP contribution in [0.25, 0.3) is 0 Å². The lowest BCUT2D eigenvalue weighted by atomic mass is 9.78. The summed E-state index contributed by atoms with van der Waals surface area (Å²) in [5.74, 6) is 0.878. The highest BCUT2D eigenvalue weighted by Crippen LogP contribution is 2.34. The lowest BCUT2D eigenvalue weighted by molar-refractivity contribution is 0.0303. The van der Waals surface area contributed by atoms with Gasteiger partial charge in [0.25, 0.3) is 5.91 Å². The molecule has 0 aliphatic carbocycles. The number of hydrogen-bond acceptors (Lipinski definition) is 5. The highest BCUT2D eigenvalue weighted by Gasteiger charge is 2.34. The number of carbonyl (C=O) groups is 1. The summed E-state index contributed by atoms with van der Waals surface area (Å²) >= 11 is 0. The molecule has 3 heterocycles. The first-order valence-corrected chi connectivity index (χ1v) is 8.86. The zero-order chi connectivity index (χ0) is 17.0. The number of aliphatic hydroxyl groups is 1. The van der Waals surface area contributed by atoms with Crippen LogP contribution in [0.4, 0.5) is 5.82 Å². The van der Waals surface area contributed by atoms with Crippen LogP contribution in [-0.4, -0.2) is 66.9 Å². The Morgan fingerprint density at radius 3 is 2.88 bits per heavy atom. The van der Waals surface area contributed by atoms with E-state index in [9.17, 15) is 9.90 Å². The van der Waals surface area contributed by atoms with E-state index in [0.717, 1.165) is 38.2 Å². The van der Waals surface area contributed by atoms with Crippen molar-refractivity contribution in [3.8, 4) is 0 Å². The van der Waals surface area contributed by atoms with Crippen molar-refractivity contribution in [1.82, 2.24) is 9.88 Å². The van der Waals surface area contributed by atoms with Crippen LogP contribution in [0, 0.1) is 5.41 Å². The molecule has 1 amide bonds. The van der Waals surface area contributed by atoms with Crippen molar-refractivity contribution in [3.63, 3.8) is 0 Å². The second-order valence-electron chi connectivity index (χ2n) is 6.84. The normalized spacial score (nSPS) is 24.9. The lowest BCUT2D eigenvalue weighted by Gasteiger charge is -2.42. The number of hydrogen-bond donors (Lipinski definition) is 1. The van der Waals surface area contributed by atoms with Crippen molar-refractivity contribution in [1.29, 1.82) is 0 Å². The van der Waals surface area contributed by atoms with Crippen LogP contribution in [0.15, 0.2) is 18.3 Å². The van der Waals surface area contributed by atoms with Gasteiger partial charge in [0.1, 0.15) is 5.82 Å². The molecule has 2 fully saturated rings. The van der Waals surface area contributed by atoms with Crippen LogP contribution in [0.1, 0.15) is 36.5 Å². The van der Waals surface area contributed by atoms with E-state index < -0.39 is 0 Å². The first-order chi connectivity index (χ1) is 11.7. The fourth-order valence-corrected chi connectivity index (χ4v) is 3.61. The third-order valence-corrected chi connectivity index (χ3v) is 5.36. The second-order valence-corrected chi connectivity index (χ2v) is 6.84. The Morgan fingerprint density at radius 1 is 1.38 bits per heavy atom. The molecule has 0 unspecified atom stereocenters. The summed E-state index contributed by atoms with van der Waals surface area (Å²) in [6.07, 6.45) is 4.75. The predicted octanol–water partition coefficient (Wildman–Crippen LogP) is 1.54. The van der Waals surface area contributed by atoms with Crippen molar-refractivity contribution < 1.29 is 14.6 Å². The maximum atomic E-state index is 12.7.